The second-order valence-corrected chi connectivity index (χ2v) is 5.27. The zero-order chi connectivity index (χ0) is 15.9. The lowest BCUT2D eigenvalue weighted by atomic mass is 10.0. The van der Waals surface area contributed by atoms with Gasteiger partial charge in [-0.15, -0.1) is 0 Å². The number of ketones is 1. The minimum Gasteiger partial charge on any atom is -0.345 e. The molecule has 0 saturated heterocycles. The van der Waals surface area contributed by atoms with Gasteiger partial charge in [-0.1, -0.05) is 54.6 Å². The van der Waals surface area contributed by atoms with Crippen LogP contribution in [0.2, 0.25) is 0 Å². The molecule has 0 heterocycles. The lowest BCUT2D eigenvalue weighted by molar-refractivity contribution is -0.123. The molecule has 0 spiro atoms. The van der Waals surface area contributed by atoms with Gasteiger partial charge in [0.1, 0.15) is 0 Å². The Bertz CT molecular complexity index is 670. The second kappa shape index (κ2) is 7.36. The molecule has 0 atom stereocenters. The van der Waals surface area contributed by atoms with Crippen LogP contribution in [-0.2, 0) is 11.2 Å². The SMILES string of the molecule is CN(C)C(=O)C=Cc1ccc(C(=O)Cc2ccccc2)cc1. The van der Waals surface area contributed by atoms with Crippen molar-refractivity contribution in [3.8, 4) is 0 Å². The maximum absolute atomic E-state index is 12.2. The van der Waals surface area contributed by atoms with Crippen LogP contribution in [0.3, 0.4) is 0 Å². The van der Waals surface area contributed by atoms with Gasteiger partial charge in [-0.2, -0.15) is 0 Å². The van der Waals surface area contributed by atoms with E-state index in [9.17, 15) is 9.59 Å². The molecule has 0 radical (unpaired) electrons. The normalized spacial score (nSPS) is 10.6. The third kappa shape index (κ3) is 4.42. The molecule has 112 valence electrons. The van der Waals surface area contributed by atoms with Gasteiger partial charge >= 0.3 is 0 Å². The van der Waals surface area contributed by atoms with E-state index < -0.39 is 0 Å². The van der Waals surface area contributed by atoms with E-state index in [1.165, 1.54) is 11.0 Å². The van der Waals surface area contributed by atoms with Gasteiger partial charge in [0, 0.05) is 32.2 Å². The first-order chi connectivity index (χ1) is 10.6. The van der Waals surface area contributed by atoms with E-state index >= 15 is 0 Å². The molecule has 0 unspecified atom stereocenters. The molecule has 0 saturated carbocycles. The first-order valence-electron chi connectivity index (χ1n) is 7.13. The Balaban J connectivity index is 2.02. The molecule has 0 N–H and O–H groups in total. The topological polar surface area (TPSA) is 37.4 Å². The molecule has 3 heteroatoms. The van der Waals surface area contributed by atoms with E-state index in [0.717, 1.165) is 11.1 Å². The van der Waals surface area contributed by atoms with Gasteiger partial charge in [0.25, 0.3) is 0 Å². The molecule has 0 fully saturated rings. The van der Waals surface area contributed by atoms with Crippen LogP contribution in [0.5, 0.6) is 0 Å². The largest absolute Gasteiger partial charge is 0.345 e. The highest BCUT2D eigenvalue weighted by atomic mass is 16.2. The van der Waals surface area contributed by atoms with E-state index in [4.69, 9.17) is 0 Å². The highest BCUT2D eigenvalue weighted by Gasteiger charge is 2.06. The number of nitrogens with zero attached hydrogens (tertiary/aromatic N) is 1. The number of Topliss-reactive ketones (excluding diaryl/α,β-unsaturated/α-hetero) is 1. The van der Waals surface area contributed by atoms with Gasteiger partial charge in [0.15, 0.2) is 5.78 Å². The summed E-state index contributed by atoms with van der Waals surface area (Å²) in [4.78, 5) is 25.2. The summed E-state index contributed by atoms with van der Waals surface area (Å²) < 4.78 is 0. The highest BCUT2D eigenvalue weighted by molar-refractivity contribution is 5.97. The van der Waals surface area contributed by atoms with E-state index in [0.29, 0.717) is 12.0 Å². The molecular weight excluding hydrogens is 274 g/mol. The van der Waals surface area contributed by atoms with Crippen molar-refractivity contribution in [3.63, 3.8) is 0 Å². The number of likely N-dealkylation sites (N-methyl/N-ethyl adjacent to an activating group) is 1. The van der Waals surface area contributed by atoms with Crippen LogP contribution in [0.4, 0.5) is 0 Å². The number of benzene rings is 2. The summed E-state index contributed by atoms with van der Waals surface area (Å²) in [5.41, 5.74) is 2.58. The quantitative estimate of drug-likeness (QED) is 0.627. The van der Waals surface area contributed by atoms with Crippen molar-refractivity contribution in [2.24, 2.45) is 0 Å². The molecule has 0 aromatic heterocycles. The van der Waals surface area contributed by atoms with Crippen LogP contribution in [-0.4, -0.2) is 30.7 Å². The van der Waals surface area contributed by atoms with E-state index in [-0.39, 0.29) is 11.7 Å². The number of hydrogen-bond acceptors (Lipinski definition) is 2. The van der Waals surface area contributed by atoms with Crippen molar-refractivity contribution < 1.29 is 9.59 Å². The standard InChI is InChI=1S/C19H19NO2/c1-20(2)19(22)13-10-15-8-11-17(12-9-15)18(21)14-16-6-4-3-5-7-16/h3-13H,14H2,1-2H3. The lowest BCUT2D eigenvalue weighted by Crippen LogP contribution is -2.18. The van der Waals surface area contributed by atoms with Gasteiger partial charge in [-0.3, -0.25) is 9.59 Å². The first-order valence-corrected chi connectivity index (χ1v) is 7.13. The van der Waals surface area contributed by atoms with Crippen molar-refractivity contribution in [1.29, 1.82) is 0 Å². The zero-order valence-electron chi connectivity index (χ0n) is 12.8. The Morgan fingerprint density at radius 3 is 2.18 bits per heavy atom. The average molecular weight is 293 g/mol. The summed E-state index contributed by atoms with van der Waals surface area (Å²) in [6.07, 6.45) is 3.66. The fourth-order valence-corrected chi connectivity index (χ4v) is 1.98. The van der Waals surface area contributed by atoms with Gasteiger partial charge in [-0.05, 0) is 17.2 Å². The molecule has 0 aliphatic rings. The number of amides is 1. The fourth-order valence-electron chi connectivity index (χ4n) is 1.98. The Kier molecular flexibility index (Phi) is 5.26. The molecule has 2 aromatic carbocycles. The minimum atomic E-state index is -0.0655. The molecular formula is C19H19NO2. The van der Waals surface area contributed by atoms with Gasteiger partial charge in [0.2, 0.25) is 5.91 Å². The third-order valence-electron chi connectivity index (χ3n) is 3.30. The zero-order valence-corrected chi connectivity index (χ0v) is 12.8. The fraction of sp³-hybridized carbons (Fsp3) is 0.158. The minimum absolute atomic E-state index is 0.0655. The summed E-state index contributed by atoms with van der Waals surface area (Å²) >= 11 is 0. The molecule has 0 aliphatic carbocycles. The second-order valence-electron chi connectivity index (χ2n) is 5.27. The van der Waals surface area contributed by atoms with Crippen LogP contribution >= 0.6 is 0 Å². The number of carbonyl (C=O) groups is 2. The van der Waals surface area contributed by atoms with E-state index in [1.807, 2.05) is 42.5 Å². The summed E-state index contributed by atoms with van der Waals surface area (Å²) in [5.74, 6) is 0.0235. The number of carbonyl (C=O) groups excluding carboxylic acids is 2. The lowest BCUT2D eigenvalue weighted by Gasteiger charge is -2.05. The van der Waals surface area contributed by atoms with Crippen LogP contribution in [0.15, 0.2) is 60.7 Å². The maximum atomic E-state index is 12.2. The molecule has 2 rings (SSSR count). The van der Waals surface area contributed by atoms with Crippen LogP contribution in [0.1, 0.15) is 21.5 Å². The smallest absolute Gasteiger partial charge is 0.246 e. The predicted molar refractivity (Wildman–Crippen MR) is 88.6 cm³/mol. The number of hydrogen-bond donors (Lipinski definition) is 0. The monoisotopic (exact) mass is 293 g/mol. The highest BCUT2D eigenvalue weighted by Crippen LogP contribution is 2.10. The predicted octanol–water partition coefficient (Wildman–Crippen LogP) is 3.21. The van der Waals surface area contributed by atoms with Crippen molar-refractivity contribution in [1.82, 2.24) is 4.90 Å². The van der Waals surface area contributed by atoms with E-state index in [2.05, 4.69) is 0 Å². The maximum Gasteiger partial charge on any atom is 0.246 e. The van der Waals surface area contributed by atoms with Crippen LogP contribution in [0, 0.1) is 0 Å². The van der Waals surface area contributed by atoms with Gasteiger partial charge in [-0.25, -0.2) is 0 Å². The molecule has 2 aromatic rings. The molecule has 0 bridgehead atoms. The van der Waals surface area contributed by atoms with Crippen molar-refractivity contribution in [2.75, 3.05) is 14.1 Å². The van der Waals surface area contributed by atoms with Gasteiger partial charge in [0.05, 0.1) is 0 Å². The Labute approximate surface area is 130 Å². The molecule has 1 amide bonds. The van der Waals surface area contributed by atoms with E-state index in [1.54, 1.807) is 32.3 Å². The number of rotatable bonds is 5. The summed E-state index contributed by atoms with van der Waals surface area (Å²) in [5, 5.41) is 0. The molecule has 22 heavy (non-hydrogen) atoms. The molecule has 0 aliphatic heterocycles. The Hall–Kier alpha value is -2.68. The Morgan fingerprint density at radius 1 is 0.955 bits per heavy atom. The third-order valence-corrected chi connectivity index (χ3v) is 3.30. The first kappa shape index (κ1) is 15.7. The van der Waals surface area contributed by atoms with Crippen molar-refractivity contribution in [2.45, 2.75) is 6.42 Å². The molecule has 3 nitrogen and oxygen atoms in total. The van der Waals surface area contributed by atoms with Crippen molar-refractivity contribution in [3.05, 3.63) is 77.4 Å². The van der Waals surface area contributed by atoms with Crippen LogP contribution in [0.25, 0.3) is 6.08 Å². The average Bonchev–Trinajstić information content (AvgIpc) is 2.54. The summed E-state index contributed by atoms with van der Waals surface area (Å²) in [6, 6.07) is 17.0. The Morgan fingerprint density at radius 2 is 1.59 bits per heavy atom. The van der Waals surface area contributed by atoms with Gasteiger partial charge < -0.3 is 4.90 Å². The van der Waals surface area contributed by atoms with Crippen molar-refractivity contribution >= 4 is 17.8 Å². The summed E-state index contributed by atoms with van der Waals surface area (Å²) in [6.45, 7) is 0. The van der Waals surface area contributed by atoms with Crippen LogP contribution < -0.4 is 0 Å². The summed E-state index contributed by atoms with van der Waals surface area (Å²) in [7, 11) is 3.41.